The second-order valence-electron chi connectivity index (χ2n) is 3.02. The van der Waals surface area contributed by atoms with E-state index in [9.17, 15) is 0 Å². The predicted octanol–water partition coefficient (Wildman–Crippen LogP) is 2.37. The van der Waals surface area contributed by atoms with Crippen LogP contribution in [0.3, 0.4) is 0 Å². The molecule has 0 aliphatic rings. The third-order valence-corrected chi connectivity index (χ3v) is 2.22. The van der Waals surface area contributed by atoms with Crippen molar-refractivity contribution in [3.05, 3.63) is 22.8 Å². The van der Waals surface area contributed by atoms with Gasteiger partial charge in [-0.3, -0.25) is 0 Å². The van der Waals surface area contributed by atoms with Gasteiger partial charge in [0.2, 0.25) is 5.88 Å². The van der Waals surface area contributed by atoms with Crippen LogP contribution in [0.15, 0.2) is 12.3 Å². The van der Waals surface area contributed by atoms with E-state index in [1.54, 1.807) is 12.3 Å². The Hall–Kier alpha value is -0.800. The van der Waals surface area contributed by atoms with E-state index in [4.69, 9.17) is 22.1 Å². The minimum absolute atomic E-state index is 0.408. The predicted molar refractivity (Wildman–Crippen MR) is 57.5 cm³/mol. The lowest BCUT2D eigenvalue weighted by Gasteiger charge is -2.06. The van der Waals surface area contributed by atoms with Crippen LogP contribution in [-0.4, -0.2) is 11.6 Å². The van der Waals surface area contributed by atoms with E-state index in [0.29, 0.717) is 24.1 Å². The van der Waals surface area contributed by atoms with Crippen LogP contribution in [0.5, 0.6) is 5.88 Å². The zero-order valence-electron chi connectivity index (χ0n) is 8.29. The number of hydrogen-bond acceptors (Lipinski definition) is 3. The van der Waals surface area contributed by atoms with Gasteiger partial charge in [-0.05, 0) is 12.0 Å². The fourth-order valence-corrected chi connectivity index (χ4v) is 1.20. The van der Waals surface area contributed by atoms with E-state index in [2.05, 4.69) is 11.9 Å². The molecule has 1 aromatic heterocycles. The summed E-state index contributed by atoms with van der Waals surface area (Å²) in [6.07, 6.45) is 3.71. The summed E-state index contributed by atoms with van der Waals surface area (Å²) in [7, 11) is 0. The molecule has 78 valence electrons. The molecular formula is C10H15ClN2O. The molecule has 0 saturated heterocycles. The molecule has 1 aromatic rings. The molecule has 0 aromatic carbocycles. The molecule has 0 amide bonds. The van der Waals surface area contributed by atoms with Gasteiger partial charge in [-0.1, -0.05) is 24.9 Å². The number of halogens is 1. The van der Waals surface area contributed by atoms with Crippen molar-refractivity contribution in [3.63, 3.8) is 0 Å². The molecule has 0 bridgehead atoms. The van der Waals surface area contributed by atoms with Crippen molar-refractivity contribution < 1.29 is 4.74 Å². The molecule has 0 spiro atoms. The second kappa shape index (κ2) is 5.83. The number of unbranched alkanes of at least 4 members (excludes halogenated alkanes) is 1. The van der Waals surface area contributed by atoms with Crippen molar-refractivity contribution in [2.24, 2.45) is 5.73 Å². The molecule has 1 rings (SSSR count). The van der Waals surface area contributed by atoms with Crippen molar-refractivity contribution in [1.29, 1.82) is 0 Å². The highest BCUT2D eigenvalue weighted by molar-refractivity contribution is 6.31. The maximum absolute atomic E-state index is 5.86. The fourth-order valence-electron chi connectivity index (χ4n) is 1.01. The van der Waals surface area contributed by atoms with Crippen LogP contribution in [0.4, 0.5) is 0 Å². The fraction of sp³-hybridized carbons (Fsp3) is 0.500. The quantitative estimate of drug-likeness (QED) is 0.766. The Kier molecular flexibility index (Phi) is 4.70. The molecule has 4 heteroatoms. The van der Waals surface area contributed by atoms with Crippen LogP contribution >= 0.6 is 11.6 Å². The Morgan fingerprint density at radius 2 is 2.36 bits per heavy atom. The highest BCUT2D eigenvalue weighted by atomic mass is 35.5. The molecule has 1 heterocycles. The Labute approximate surface area is 89.2 Å². The molecule has 0 atom stereocenters. The minimum atomic E-state index is 0.408. The molecule has 2 N–H and O–H groups in total. The average molecular weight is 215 g/mol. The zero-order chi connectivity index (χ0) is 10.4. The van der Waals surface area contributed by atoms with Gasteiger partial charge in [0.25, 0.3) is 0 Å². The largest absolute Gasteiger partial charge is 0.478 e. The number of ether oxygens (including phenoxy) is 1. The summed E-state index contributed by atoms with van der Waals surface area (Å²) in [5.41, 5.74) is 6.38. The van der Waals surface area contributed by atoms with E-state index in [-0.39, 0.29) is 0 Å². The van der Waals surface area contributed by atoms with Gasteiger partial charge < -0.3 is 10.5 Å². The summed E-state index contributed by atoms with van der Waals surface area (Å²) in [6, 6.07) is 1.79. The zero-order valence-corrected chi connectivity index (χ0v) is 9.05. The van der Waals surface area contributed by atoms with Crippen molar-refractivity contribution in [2.75, 3.05) is 6.61 Å². The third kappa shape index (κ3) is 3.16. The van der Waals surface area contributed by atoms with E-state index >= 15 is 0 Å². The lowest BCUT2D eigenvalue weighted by Crippen LogP contribution is -2.02. The first-order chi connectivity index (χ1) is 6.77. The normalized spacial score (nSPS) is 10.2. The van der Waals surface area contributed by atoms with Crippen LogP contribution in [0.1, 0.15) is 25.3 Å². The number of nitrogens with two attached hydrogens (primary N) is 1. The number of pyridine rings is 1. The highest BCUT2D eigenvalue weighted by Gasteiger charge is 2.02. The lowest BCUT2D eigenvalue weighted by molar-refractivity contribution is 0.297. The average Bonchev–Trinajstić information content (AvgIpc) is 2.21. The molecule has 0 aliphatic carbocycles. The van der Waals surface area contributed by atoms with Gasteiger partial charge in [-0.2, -0.15) is 0 Å². The van der Waals surface area contributed by atoms with E-state index < -0.39 is 0 Å². The Morgan fingerprint density at radius 1 is 1.57 bits per heavy atom. The van der Waals surface area contributed by atoms with Crippen LogP contribution in [0, 0.1) is 0 Å². The Bertz CT molecular complexity index is 291. The first-order valence-corrected chi connectivity index (χ1v) is 5.13. The van der Waals surface area contributed by atoms with Crippen LogP contribution in [-0.2, 0) is 6.54 Å². The molecular weight excluding hydrogens is 200 g/mol. The van der Waals surface area contributed by atoms with Crippen LogP contribution in [0.2, 0.25) is 5.02 Å². The molecule has 0 unspecified atom stereocenters. The van der Waals surface area contributed by atoms with Crippen molar-refractivity contribution in [2.45, 2.75) is 26.3 Å². The summed E-state index contributed by atoms with van der Waals surface area (Å²) >= 11 is 5.86. The molecule has 0 fully saturated rings. The minimum Gasteiger partial charge on any atom is -0.478 e. The molecule has 0 aliphatic heterocycles. The number of aromatic nitrogens is 1. The molecule has 0 radical (unpaired) electrons. The SMILES string of the molecule is CCCCOc1cc(CN)c(Cl)cn1. The Balaban J connectivity index is 2.60. The number of nitrogens with zero attached hydrogens (tertiary/aromatic N) is 1. The maximum atomic E-state index is 5.86. The van der Waals surface area contributed by atoms with E-state index in [1.807, 2.05) is 0 Å². The Morgan fingerprint density at radius 3 is 3.00 bits per heavy atom. The summed E-state index contributed by atoms with van der Waals surface area (Å²) in [5.74, 6) is 0.600. The summed E-state index contributed by atoms with van der Waals surface area (Å²) in [4.78, 5) is 4.05. The molecule has 3 nitrogen and oxygen atoms in total. The van der Waals surface area contributed by atoms with Gasteiger partial charge in [-0.25, -0.2) is 4.98 Å². The van der Waals surface area contributed by atoms with Crippen LogP contribution in [0.25, 0.3) is 0 Å². The van der Waals surface area contributed by atoms with Crippen molar-refractivity contribution >= 4 is 11.6 Å². The van der Waals surface area contributed by atoms with Gasteiger partial charge in [-0.15, -0.1) is 0 Å². The van der Waals surface area contributed by atoms with Crippen molar-refractivity contribution in [3.8, 4) is 5.88 Å². The number of rotatable bonds is 5. The standard InChI is InChI=1S/C10H15ClN2O/c1-2-3-4-14-10-5-8(6-12)9(11)7-13-10/h5,7H,2-4,6,12H2,1H3. The van der Waals surface area contributed by atoms with Crippen molar-refractivity contribution in [1.82, 2.24) is 4.98 Å². The summed E-state index contributed by atoms with van der Waals surface area (Å²) in [6.45, 7) is 3.21. The topological polar surface area (TPSA) is 48.1 Å². The lowest BCUT2D eigenvalue weighted by atomic mass is 10.3. The monoisotopic (exact) mass is 214 g/mol. The van der Waals surface area contributed by atoms with E-state index in [1.165, 1.54) is 0 Å². The van der Waals surface area contributed by atoms with Gasteiger partial charge >= 0.3 is 0 Å². The maximum Gasteiger partial charge on any atom is 0.213 e. The first kappa shape index (κ1) is 11.3. The smallest absolute Gasteiger partial charge is 0.213 e. The number of hydrogen-bond donors (Lipinski definition) is 1. The van der Waals surface area contributed by atoms with Gasteiger partial charge in [0.05, 0.1) is 11.6 Å². The van der Waals surface area contributed by atoms with Gasteiger partial charge in [0.1, 0.15) is 0 Å². The summed E-state index contributed by atoms with van der Waals surface area (Å²) in [5, 5.41) is 0.593. The van der Waals surface area contributed by atoms with Gasteiger partial charge in [0.15, 0.2) is 0 Å². The summed E-state index contributed by atoms with van der Waals surface area (Å²) < 4.78 is 5.42. The van der Waals surface area contributed by atoms with E-state index in [0.717, 1.165) is 18.4 Å². The molecule has 14 heavy (non-hydrogen) atoms. The highest BCUT2D eigenvalue weighted by Crippen LogP contribution is 2.18. The molecule has 0 saturated carbocycles. The second-order valence-corrected chi connectivity index (χ2v) is 3.43. The first-order valence-electron chi connectivity index (χ1n) is 4.75. The third-order valence-electron chi connectivity index (χ3n) is 1.88. The van der Waals surface area contributed by atoms with Gasteiger partial charge in [0, 0.05) is 18.8 Å². The van der Waals surface area contributed by atoms with Crippen LogP contribution < -0.4 is 10.5 Å².